The molecule has 5 heteroatoms. The minimum absolute atomic E-state index is 0.297. The molecule has 0 unspecified atom stereocenters. The first-order valence-electron chi connectivity index (χ1n) is 8.18. The first-order chi connectivity index (χ1) is 11.5. The Labute approximate surface area is 143 Å². The van der Waals surface area contributed by atoms with Gasteiger partial charge in [-0.2, -0.15) is 0 Å². The number of aryl methyl sites for hydroxylation is 1. The summed E-state index contributed by atoms with van der Waals surface area (Å²) in [7, 11) is 0. The van der Waals surface area contributed by atoms with Crippen molar-refractivity contribution < 1.29 is 9.90 Å². The molecule has 0 radical (unpaired) electrons. The maximum Gasteiger partial charge on any atom is 0.252 e. The van der Waals surface area contributed by atoms with Crippen LogP contribution in [0.2, 0.25) is 0 Å². The Balaban J connectivity index is 1.69. The summed E-state index contributed by atoms with van der Waals surface area (Å²) in [6.45, 7) is 4.75. The van der Waals surface area contributed by atoms with Crippen molar-refractivity contribution in [3.05, 3.63) is 59.8 Å². The van der Waals surface area contributed by atoms with Crippen LogP contribution >= 0.6 is 0 Å². The average Bonchev–Trinajstić information content (AvgIpc) is 2.56. The fourth-order valence-electron chi connectivity index (χ4n) is 2.34. The zero-order chi connectivity index (χ0) is 17.4. The Morgan fingerprint density at radius 1 is 1.17 bits per heavy atom. The van der Waals surface area contributed by atoms with Crippen LogP contribution in [-0.2, 0) is 11.2 Å². The summed E-state index contributed by atoms with van der Waals surface area (Å²) < 4.78 is 0. The van der Waals surface area contributed by atoms with E-state index in [1.54, 1.807) is 6.92 Å². The number of aliphatic hydroxyl groups is 1. The number of rotatable bonds is 8. The van der Waals surface area contributed by atoms with Crippen molar-refractivity contribution in [2.45, 2.75) is 32.3 Å². The standard InChI is InChI=1S/C19H25N3O2/c1-15-9-10-17(22-14-15)20-11-6-12-21-18(23)19(2,24)13-16-7-4-3-5-8-16/h3-5,7-10,14,24H,6,11-13H2,1-2H3,(H,20,22)(H,21,23)/t19-/m0/s1. The third-order valence-corrected chi connectivity index (χ3v) is 3.74. The topological polar surface area (TPSA) is 74.2 Å². The summed E-state index contributed by atoms with van der Waals surface area (Å²) in [5.74, 6) is 0.475. The largest absolute Gasteiger partial charge is 0.380 e. The number of aromatic nitrogens is 1. The van der Waals surface area contributed by atoms with Gasteiger partial charge in [-0.15, -0.1) is 0 Å². The van der Waals surface area contributed by atoms with Crippen molar-refractivity contribution >= 4 is 11.7 Å². The monoisotopic (exact) mass is 327 g/mol. The van der Waals surface area contributed by atoms with Gasteiger partial charge in [-0.3, -0.25) is 4.79 Å². The highest BCUT2D eigenvalue weighted by atomic mass is 16.3. The molecule has 5 nitrogen and oxygen atoms in total. The number of carbonyl (C=O) groups is 1. The molecule has 1 aromatic heterocycles. The third kappa shape index (κ3) is 5.66. The van der Waals surface area contributed by atoms with Crippen LogP contribution in [0.15, 0.2) is 48.7 Å². The van der Waals surface area contributed by atoms with Gasteiger partial charge in [-0.1, -0.05) is 36.4 Å². The van der Waals surface area contributed by atoms with Gasteiger partial charge in [0.2, 0.25) is 0 Å². The van der Waals surface area contributed by atoms with Crippen molar-refractivity contribution in [3.8, 4) is 0 Å². The molecule has 3 N–H and O–H groups in total. The van der Waals surface area contributed by atoms with E-state index in [1.165, 1.54) is 0 Å². The fourth-order valence-corrected chi connectivity index (χ4v) is 2.34. The SMILES string of the molecule is Cc1ccc(NCCCNC(=O)[C@@](C)(O)Cc2ccccc2)nc1. The Morgan fingerprint density at radius 2 is 1.92 bits per heavy atom. The van der Waals surface area contributed by atoms with Crippen LogP contribution < -0.4 is 10.6 Å². The normalized spacial score (nSPS) is 13.1. The summed E-state index contributed by atoms with van der Waals surface area (Å²) in [6, 6.07) is 13.4. The van der Waals surface area contributed by atoms with Crippen LogP contribution in [0.25, 0.3) is 0 Å². The smallest absolute Gasteiger partial charge is 0.252 e. The number of hydrogen-bond acceptors (Lipinski definition) is 4. The van der Waals surface area contributed by atoms with E-state index >= 15 is 0 Å². The van der Waals surface area contributed by atoms with E-state index in [2.05, 4.69) is 15.6 Å². The highest BCUT2D eigenvalue weighted by molar-refractivity contribution is 5.84. The molecule has 1 atom stereocenters. The zero-order valence-electron chi connectivity index (χ0n) is 14.2. The fraction of sp³-hybridized carbons (Fsp3) is 0.368. The number of nitrogens with one attached hydrogen (secondary N) is 2. The zero-order valence-corrected chi connectivity index (χ0v) is 14.2. The number of nitrogens with zero attached hydrogens (tertiary/aromatic N) is 1. The van der Waals surface area contributed by atoms with Crippen molar-refractivity contribution in [2.75, 3.05) is 18.4 Å². The van der Waals surface area contributed by atoms with Crippen LogP contribution in [0.4, 0.5) is 5.82 Å². The molecular formula is C19H25N3O2. The lowest BCUT2D eigenvalue weighted by Crippen LogP contribution is -2.46. The molecule has 128 valence electrons. The van der Waals surface area contributed by atoms with Gasteiger partial charge in [0.1, 0.15) is 11.4 Å². The number of carbonyl (C=O) groups excluding carboxylic acids is 1. The minimum Gasteiger partial charge on any atom is -0.380 e. The summed E-state index contributed by atoms with van der Waals surface area (Å²) in [6.07, 6.45) is 2.86. The van der Waals surface area contributed by atoms with Crippen LogP contribution in [0.1, 0.15) is 24.5 Å². The molecule has 1 heterocycles. The first-order valence-corrected chi connectivity index (χ1v) is 8.18. The summed E-state index contributed by atoms with van der Waals surface area (Å²) >= 11 is 0. The second-order valence-corrected chi connectivity index (χ2v) is 6.19. The third-order valence-electron chi connectivity index (χ3n) is 3.74. The quantitative estimate of drug-likeness (QED) is 0.651. The first kappa shape index (κ1) is 17.9. The molecule has 0 saturated carbocycles. The molecule has 2 aromatic rings. The van der Waals surface area contributed by atoms with E-state index in [1.807, 2.05) is 55.6 Å². The molecule has 0 aliphatic carbocycles. The van der Waals surface area contributed by atoms with E-state index in [9.17, 15) is 9.90 Å². The van der Waals surface area contributed by atoms with Gasteiger partial charge < -0.3 is 15.7 Å². The van der Waals surface area contributed by atoms with Crippen molar-refractivity contribution in [1.29, 1.82) is 0 Å². The van der Waals surface area contributed by atoms with Crippen molar-refractivity contribution in [1.82, 2.24) is 10.3 Å². The van der Waals surface area contributed by atoms with E-state index in [0.29, 0.717) is 19.5 Å². The Kier molecular flexibility index (Phi) is 6.32. The molecule has 24 heavy (non-hydrogen) atoms. The summed E-state index contributed by atoms with van der Waals surface area (Å²) in [5, 5.41) is 16.3. The summed E-state index contributed by atoms with van der Waals surface area (Å²) in [5.41, 5.74) is 0.644. The van der Waals surface area contributed by atoms with E-state index < -0.39 is 5.60 Å². The molecule has 0 saturated heterocycles. The Bertz CT molecular complexity index is 639. The number of pyridine rings is 1. The van der Waals surface area contributed by atoms with Gasteiger partial charge in [0.05, 0.1) is 0 Å². The van der Waals surface area contributed by atoms with E-state index in [-0.39, 0.29) is 5.91 Å². The molecular weight excluding hydrogens is 302 g/mol. The second-order valence-electron chi connectivity index (χ2n) is 6.19. The Morgan fingerprint density at radius 3 is 2.58 bits per heavy atom. The highest BCUT2D eigenvalue weighted by Crippen LogP contribution is 2.13. The van der Waals surface area contributed by atoms with Crippen LogP contribution in [0.3, 0.4) is 0 Å². The average molecular weight is 327 g/mol. The van der Waals surface area contributed by atoms with Gasteiger partial charge >= 0.3 is 0 Å². The second kappa shape index (κ2) is 8.45. The van der Waals surface area contributed by atoms with Gasteiger partial charge in [0.25, 0.3) is 5.91 Å². The predicted molar refractivity (Wildman–Crippen MR) is 95.9 cm³/mol. The Hall–Kier alpha value is -2.40. The van der Waals surface area contributed by atoms with Gasteiger partial charge in [0, 0.05) is 25.7 Å². The lowest BCUT2D eigenvalue weighted by molar-refractivity contribution is -0.137. The van der Waals surface area contributed by atoms with E-state index in [4.69, 9.17) is 0 Å². The molecule has 1 amide bonds. The molecule has 0 aliphatic heterocycles. The lowest BCUT2D eigenvalue weighted by atomic mass is 9.95. The van der Waals surface area contributed by atoms with Gasteiger partial charge in [-0.05, 0) is 37.5 Å². The van der Waals surface area contributed by atoms with Gasteiger partial charge in [-0.25, -0.2) is 4.98 Å². The van der Waals surface area contributed by atoms with Crippen LogP contribution in [0, 0.1) is 6.92 Å². The molecule has 0 bridgehead atoms. The van der Waals surface area contributed by atoms with Crippen molar-refractivity contribution in [3.63, 3.8) is 0 Å². The van der Waals surface area contributed by atoms with Gasteiger partial charge in [0.15, 0.2) is 0 Å². The number of amides is 1. The molecule has 0 aliphatic rings. The highest BCUT2D eigenvalue weighted by Gasteiger charge is 2.29. The molecule has 2 rings (SSSR count). The van der Waals surface area contributed by atoms with Crippen LogP contribution in [0.5, 0.6) is 0 Å². The number of anilines is 1. The van der Waals surface area contributed by atoms with E-state index in [0.717, 1.165) is 23.4 Å². The molecule has 0 spiro atoms. The van der Waals surface area contributed by atoms with Crippen LogP contribution in [-0.4, -0.2) is 34.7 Å². The maximum atomic E-state index is 12.1. The summed E-state index contributed by atoms with van der Waals surface area (Å²) in [4.78, 5) is 16.4. The molecule has 0 fully saturated rings. The number of benzene rings is 1. The lowest BCUT2D eigenvalue weighted by Gasteiger charge is -2.22. The van der Waals surface area contributed by atoms with Crippen molar-refractivity contribution in [2.24, 2.45) is 0 Å². The molecule has 1 aromatic carbocycles. The maximum absolute atomic E-state index is 12.1. The number of hydrogen-bond donors (Lipinski definition) is 3. The minimum atomic E-state index is -1.41. The predicted octanol–water partition coefficient (Wildman–Crippen LogP) is 2.30.